The van der Waals surface area contributed by atoms with Crippen LogP contribution < -0.4 is 59.8 Å². The van der Waals surface area contributed by atoms with E-state index >= 15 is 0 Å². The molecule has 4 heteroatoms. The van der Waals surface area contributed by atoms with Crippen LogP contribution >= 0.6 is 0 Å². The molecule has 0 aromatic rings. The average Bonchev–Trinajstić information content (AvgIpc) is 0.918. The molecular formula is BrKO2. The fourth-order valence-electron chi connectivity index (χ4n) is 0. The normalized spacial score (nSPS) is 4.50. The van der Waals surface area contributed by atoms with Crippen molar-refractivity contribution in [3.63, 3.8) is 0 Å². The summed E-state index contributed by atoms with van der Waals surface area (Å²) >= 11 is -1.44. The summed E-state index contributed by atoms with van der Waals surface area (Å²) < 4.78 is 16.8. The molecule has 0 rings (SSSR count). The van der Waals surface area contributed by atoms with Gasteiger partial charge in [0.05, 0.1) is 0 Å². The Labute approximate surface area is 73.8 Å². The van der Waals surface area contributed by atoms with Crippen LogP contribution in [0, 0.1) is 15.5 Å². The maximum atomic E-state index is 8.41. The van der Waals surface area contributed by atoms with E-state index < -0.39 is 15.5 Å². The van der Waals surface area contributed by atoms with Crippen molar-refractivity contribution in [1.29, 1.82) is 0 Å². The second-order valence-electron chi connectivity index (χ2n) is 0.0630. The second kappa shape index (κ2) is 8.90. The summed E-state index contributed by atoms with van der Waals surface area (Å²) in [5.74, 6) is 0. The van der Waals surface area contributed by atoms with Crippen LogP contribution in [0.4, 0.5) is 0 Å². The Morgan fingerprint density at radius 2 is 1.25 bits per heavy atom. The molecule has 0 aliphatic carbocycles. The first-order valence-corrected chi connectivity index (χ1v) is 1.60. The third-order valence-corrected chi connectivity index (χ3v) is 0. The molecule has 20 valence electrons. The molecule has 0 N–H and O–H groups in total. The number of rotatable bonds is 0. The fraction of sp³-hybridized carbons (Fsp3) is 0. The molecule has 0 aromatic carbocycles. The molecule has 0 fully saturated rings. The first-order valence-electron chi connectivity index (χ1n) is 0.309. The number of hydrogen-bond donors (Lipinski definition) is 0. The predicted molar refractivity (Wildman–Crippen MR) is 0 cm³/mol. The van der Waals surface area contributed by atoms with Gasteiger partial charge in [-0.2, -0.15) is 0 Å². The van der Waals surface area contributed by atoms with Crippen molar-refractivity contribution in [2.75, 3.05) is 0 Å². The molecule has 0 saturated carbocycles. The zero-order valence-corrected chi connectivity index (χ0v) is 6.90. The molecule has 4 heavy (non-hydrogen) atoms. The van der Waals surface area contributed by atoms with Gasteiger partial charge in [0.25, 0.3) is 0 Å². The van der Waals surface area contributed by atoms with E-state index in [-0.39, 0.29) is 51.4 Å². The Balaban J connectivity index is 0. The predicted octanol–water partition coefficient (Wildman–Crippen LogP) is -5.37. The van der Waals surface area contributed by atoms with Crippen LogP contribution in [-0.2, 0) is 0 Å². The summed E-state index contributed by atoms with van der Waals surface area (Å²) in [7, 11) is 0. The van der Waals surface area contributed by atoms with Crippen LogP contribution in [-0.4, -0.2) is 0 Å². The Morgan fingerprint density at radius 3 is 1.25 bits per heavy atom. The summed E-state index contributed by atoms with van der Waals surface area (Å²) in [4.78, 5) is 0. The van der Waals surface area contributed by atoms with Crippen LogP contribution in [0.25, 0.3) is 0 Å². The van der Waals surface area contributed by atoms with Gasteiger partial charge in [0.1, 0.15) is 0 Å². The minimum Gasteiger partial charge on any atom is -0.585 e. The third-order valence-electron chi connectivity index (χ3n) is 0. The summed E-state index contributed by atoms with van der Waals surface area (Å²) in [5.41, 5.74) is 0. The average molecular weight is 151 g/mol. The van der Waals surface area contributed by atoms with Gasteiger partial charge in [-0.05, 0) is 0 Å². The van der Waals surface area contributed by atoms with E-state index in [1.165, 1.54) is 0 Å². The number of hydrogen-bond acceptors (Lipinski definition) is 2. The van der Waals surface area contributed by atoms with Crippen molar-refractivity contribution in [3.05, 3.63) is 0 Å². The van der Waals surface area contributed by atoms with Gasteiger partial charge >= 0.3 is 51.4 Å². The molecule has 0 bridgehead atoms. The largest absolute Gasteiger partial charge is 1.00 e. The number of halogens is 1. The maximum absolute atomic E-state index is 8.41. The van der Waals surface area contributed by atoms with Crippen LogP contribution in [0.15, 0.2) is 0 Å². The van der Waals surface area contributed by atoms with Crippen LogP contribution in [0.5, 0.6) is 0 Å². The summed E-state index contributed by atoms with van der Waals surface area (Å²) in [6, 6.07) is 0. The molecule has 0 saturated heterocycles. The van der Waals surface area contributed by atoms with Crippen molar-refractivity contribution in [2.24, 2.45) is 0 Å². The van der Waals surface area contributed by atoms with E-state index in [2.05, 4.69) is 0 Å². The van der Waals surface area contributed by atoms with Gasteiger partial charge in [0.15, 0.2) is 15.5 Å². The van der Waals surface area contributed by atoms with Crippen molar-refractivity contribution in [2.45, 2.75) is 0 Å². The van der Waals surface area contributed by atoms with E-state index in [0.29, 0.717) is 0 Å². The summed E-state index contributed by atoms with van der Waals surface area (Å²) in [6.45, 7) is 0. The quantitative estimate of drug-likeness (QED) is 0.324. The maximum Gasteiger partial charge on any atom is 1.00 e. The van der Waals surface area contributed by atoms with Crippen LogP contribution in [0.3, 0.4) is 0 Å². The molecule has 0 aliphatic rings. The molecule has 0 radical (unpaired) electrons. The molecule has 0 spiro atoms. The van der Waals surface area contributed by atoms with Gasteiger partial charge in [0, 0.05) is 0 Å². The third kappa shape index (κ3) is 8.97. The molecule has 0 aromatic heterocycles. The first kappa shape index (κ1) is 9.40. The molecule has 0 aliphatic heterocycles. The van der Waals surface area contributed by atoms with Gasteiger partial charge in [-0.3, -0.25) is 0 Å². The van der Waals surface area contributed by atoms with Gasteiger partial charge in [-0.1, -0.05) is 0 Å². The van der Waals surface area contributed by atoms with Crippen molar-refractivity contribution in [1.82, 2.24) is 0 Å². The topological polar surface area (TPSA) is 46.1 Å². The fourth-order valence-corrected chi connectivity index (χ4v) is 0. The van der Waals surface area contributed by atoms with Crippen molar-refractivity contribution < 1.29 is 75.3 Å². The minimum atomic E-state index is -1.44. The van der Waals surface area contributed by atoms with Crippen molar-refractivity contribution >= 4 is 0 Å². The first-order chi connectivity index (χ1) is 1.41. The van der Waals surface area contributed by atoms with E-state index in [1.54, 1.807) is 0 Å². The van der Waals surface area contributed by atoms with Crippen molar-refractivity contribution in [3.8, 4) is 0 Å². The molecule has 0 heterocycles. The smallest absolute Gasteiger partial charge is 0.585 e. The van der Waals surface area contributed by atoms with Crippen LogP contribution in [0.1, 0.15) is 0 Å². The molecule has 2 nitrogen and oxygen atoms in total. The molecule has 0 unspecified atom stereocenters. The Hall–Kier alpha value is 2.04. The van der Waals surface area contributed by atoms with E-state index in [9.17, 15) is 0 Å². The molecule has 0 atom stereocenters. The Bertz CT molecular complexity index is 6.00. The monoisotopic (exact) mass is 150 g/mol. The van der Waals surface area contributed by atoms with Gasteiger partial charge in [-0.25, -0.2) is 0 Å². The molecule has 0 amide bonds. The van der Waals surface area contributed by atoms with E-state index in [0.717, 1.165) is 0 Å². The van der Waals surface area contributed by atoms with Gasteiger partial charge in [0.2, 0.25) is 0 Å². The van der Waals surface area contributed by atoms with Gasteiger partial charge in [-0.15, -0.1) is 0 Å². The Morgan fingerprint density at radius 1 is 1.25 bits per heavy atom. The summed E-state index contributed by atoms with van der Waals surface area (Å²) in [5, 5.41) is 0. The standard InChI is InChI=1S/BrO2.K/c2-1-3;/q-1;+1. The van der Waals surface area contributed by atoms with E-state index in [1.807, 2.05) is 0 Å². The van der Waals surface area contributed by atoms with Gasteiger partial charge < -0.3 is 8.40 Å². The summed E-state index contributed by atoms with van der Waals surface area (Å²) in [6.07, 6.45) is 0. The molecular weight excluding hydrogens is 151 g/mol. The Kier molecular flexibility index (Phi) is 20.9. The van der Waals surface area contributed by atoms with Crippen LogP contribution in [0.2, 0.25) is 0 Å². The SMILES string of the molecule is [K+].[O-][Br+][O-]. The minimum absolute atomic E-state index is 0. The van der Waals surface area contributed by atoms with E-state index in [4.69, 9.17) is 8.40 Å². The zero-order chi connectivity index (χ0) is 2.71. The zero-order valence-electron chi connectivity index (χ0n) is 2.19. The second-order valence-corrected chi connectivity index (χ2v) is 0.327.